The molecule has 1 amide bonds. The van der Waals surface area contributed by atoms with E-state index in [1.807, 2.05) is 24.3 Å². The van der Waals surface area contributed by atoms with Gasteiger partial charge in [0.1, 0.15) is 0 Å². The van der Waals surface area contributed by atoms with E-state index in [9.17, 15) is 4.79 Å². The Hall–Kier alpha value is -1.79. The Morgan fingerprint density at radius 3 is 2.89 bits per heavy atom. The van der Waals surface area contributed by atoms with E-state index in [-0.39, 0.29) is 5.91 Å². The van der Waals surface area contributed by atoms with Crippen LogP contribution in [0.3, 0.4) is 0 Å². The number of nitrogens with zero attached hydrogens (tertiary/aromatic N) is 2. The second-order valence-electron chi connectivity index (χ2n) is 3.83. The molecule has 1 aromatic carbocycles. The van der Waals surface area contributed by atoms with Crippen LogP contribution in [0, 0.1) is 0 Å². The molecule has 2 aromatic heterocycles. The van der Waals surface area contributed by atoms with Crippen LogP contribution < -0.4 is 5.32 Å². The zero-order chi connectivity index (χ0) is 13.2. The fourth-order valence-electron chi connectivity index (χ4n) is 1.63. The van der Waals surface area contributed by atoms with Crippen molar-refractivity contribution in [2.45, 2.75) is 0 Å². The fourth-order valence-corrected chi connectivity index (χ4v) is 2.86. The average Bonchev–Trinajstić information content (AvgIpc) is 2.80. The van der Waals surface area contributed by atoms with Crippen molar-refractivity contribution in [3.8, 4) is 0 Å². The number of amides is 1. The van der Waals surface area contributed by atoms with Gasteiger partial charge in [-0.15, -0.1) is 0 Å². The van der Waals surface area contributed by atoms with Crippen LogP contribution in [-0.4, -0.2) is 15.9 Å². The van der Waals surface area contributed by atoms with Gasteiger partial charge >= 0.3 is 0 Å². The SMILES string of the molecule is O=C(Nc1nc2ccccc2s1)c1cncc(Br)c1. The molecule has 0 bridgehead atoms. The second-order valence-corrected chi connectivity index (χ2v) is 5.78. The number of benzene rings is 1. The standard InChI is InChI=1S/C13H8BrN3OS/c14-9-5-8(6-15-7-9)12(18)17-13-16-10-3-1-2-4-11(10)19-13/h1-7H,(H,16,17,18). The number of para-hydroxylation sites is 1. The molecule has 0 aliphatic rings. The normalized spacial score (nSPS) is 10.6. The molecule has 0 aliphatic carbocycles. The largest absolute Gasteiger partial charge is 0.298 e. The number of rotatable bonds is 2. The zero-order valence-corrected chi connectivity index (χ0v) is 12.0. The number of thiazole rings is 1. The second kappa shape index (κ2) is 5.07. The van der Waals surface area contributed by atoms with Crippen molar-refractivity contribution < 1.29 is 4.79 Å². The van der Waals surface area contributed by atoms with Crippen molar-refractivity contribution in [3.63, 3.8) is 0 Å². The summed E-state index contributed by atoms with van der Waals surface area (Å²) in [6.45, 7) is 0. The minimum Gasteiger partial charge on any atom is -0.298 e. The van der Waals surface area contributed by atoms with Gasteiger partial charge in [-0.3, -0.25) is 15.1 Å². The molecule has 0 aliphatic heterocycles. The molecule has 0 atom stereocenters. The molecule has 19 heavy (non-hydrogen) atoms. The van der Waals surface area contributed by atoms with Gasteiger partial charge in [-0.25, -0.2) is 4.98 Å². The monoisotopic (exact) mass is 333 g/mol. The smallest absolute Gasteiger partial charge is 0.259 e. The molecule has 0 fully saturated rings. The Morgan fingerprint density at radius 2 is 2.11 bits per heavy atom. The van der Waals surface area contributed by atoms with Gasteiger partial charge in [0, 0.05) is 16.9 Å². The first-order valence-corrected chi connectivity index (χ1v) is 7.11. The lowest BCUT2D eigenvalue weighted by molar-refractivity contribution is 0.102. The third kappa shape index (κ3) is 2.64. The van der Waals surface area contributed by atoms with Crippen molar-refractivity contribution in [2.75, 3.05) is 5.32 Å². The highest BCUT2D eigenvalue weighted by molar-refractivity contribution is 9.10. The summed E-state index contributed by atoms with van der Waals surface area (Å²) in [6.07, 6.45) is 3.15. The summed E-state index contributed by atoms with van der Waals surface area (Å²) in [5, 5.41) is 3.37. The summed E-state index contributed by atoms with van der Waals surface area (Å²) < 4.78 is 1.81. The van der Waals surface area contributed by atoms with Crippen LogP contribution in [0.5, 0.6) is 0 Å². The zero-order valence-electron chi connectivity index (χ0n) is 9.63. The molecule has 0 saturated heterocycles. The number of nitrogens with one attached hydrogen (secondary N) is 1. The molecule has 3 aromatic rings. The third-order valence-electron chi connectivity index (χ3n) is 2.48. The Labute approximate surface area is 121 Å². The first-order valence-electron chi connectivity index (χ1n) is 5.50. The van der Waals surface area contributed by atoms with Crippen LogP contribution in [0.2, 0.25) is 0 Å². The van der Waals surface area contributed by atoms with Crippen molar-refractivity contribution in [1.29, 1.82) is 0 Å². The van der Waals surface area contributed by atoms with Gasteiger partial charge in [-0.1, -0.05) is 23.5 Å². The highest BCUT2D eigenvalue weighted by atomic mass is 79.9. The molecule has 3 rings (SSSR count). The average molecular weight is 334 g/mol. The number of carbonyl (C=O) groups excluding carboxylic acids is 1. The highest BCUT2D eigenvalue weighted by Gasteiger charge is 2.10. The van der Waals surface area contributed by atoms with E-state index in [2.05, 4.69) is 31.2 Å². The summed E-state index contributed by atoms with van der Waals surface area (Å²) in [5.41, 5.74) is 1.38. The number of anilines is 1. The van der Waals surface area contributed by atoms with Crippen molar-refractivity contribution in [2.24, 2.45) is 0 Å². The van der Waals surface area contributed by atoms with Gasteiger partial charge < -0.3 is 0 Å². The fraction of sp³-hybridized carbons (Fsp3) is 0. The van der Waals surface area contributed by atoms with Gasteiger partial charge in [-0.2, -0.15) is 0 Å². The van der Waals surface area contributed by atoms with Crippen molar-refractivity contribution >= 4 is 48.5 Å². The van der Waals surface area contributed by atoms with Gasteiger partial charge in [0.25, 0.3) is 5.91 Å². The number of carbonyl (C=O) groups is 1. The number of fused-ring (bicyclic) bond motifs is 1. The topological polar surface area (TPSA) is 54.9 Å². The molecule has 2 heterocycles. The van der Waals surface area contributed by atoms with Gasteiger partial charge in [0.2, 0.25) is 0 Å². The molecule has 94 valence electrons. The maximum absolute atomic E-state index is 12.0. The first-order chi connectivity index (χ1) is 9.22. The van der Waals surface area contributed by atoms with E-state index in [4.69, 9.17) is 0 Å². The highest BCUT2D eigenvalue weighted by Crippen LogP contribution is 2.25. The van der Waals surface area contributed by atoms with Crippen LogP contribution in [0.15, 0.2) is 47.2 Å². The number of hydrogen-bond acceptors (Lipinski definition) is 4. The Bertz CT molecular complexity index is 723. The molecular formula is C13H8BrN3OS. The van der Waals surface area contributed by atoms with Crippen LogP contribution in [0.1, 0.15) is 10.4 Å². The molecule has 0 saturated carbocycles. The lowest BCUT2D eigenvalue weighted by Crippen LogP contribution is -2.11. The summed E-state index contributed by atoms with van der Waals surface area (Å²) >= 11 is 4.74. The van der Waals surface area contributed by atoms with Gasteiger partial charge in [-0.05, 0) is 34.1 Å². The molecule has 6 heteroatoms. The van der Waals surface area contributed by atoms with Crippen molar-refractivity contribution in [1.82, 2.24) is 9.97 Å². The predicted molar refractivity (Wildman–Crippen MR) is 79.5 cm³/mol. The lowest BCUT2D eigenvalue weighted by atomic mass is 10.3. The third-order valence-corrected chi connectivity index (χ3v) is 3.87. The first kappa shape index (κ1) is 12.3. The summed E-state index contributed by atoms with van der Waals surface area (Å²) in [5.74, 6) is -0.215. The van der Waals surface area contributed by atoms with Crippen LogP contribution in [0.25, 0.3) is 10.2 Å². The Morgan fingerprint density at radius 1 is 1.26 bits per heavy atom. The molecule has 0 radical (unpaired) electrons. The van der Waals surface area contributed by atoms with Gasteiger partial charge in [0.05, 0.1) is 15.8 Å². The van der Waals surface area contributed by atoms with E-state index < -0.39 is 0 Å². The quantitative estimate of drug-likeness (QED) is 0.777. The van der Waals surface area contributed by atoms with E-state index in [0.29, 0.717) is 10.7 Å². The van der Waals surface area contributed by atoms with Crippen LogP contribution in [-0.2, 0) is 0 Å². The van der Waals surface area contributed by atoms with Crippen molar-refractivity contribution in [3.05, 3.63) is 52.8 Å². The number of hydrogen-bond donors (Lipinski definition) is 1. The minimum atomic E-state index is -0.215. The number of aromatic nitrogens is 2. The molecule has 4 nitrogen and oxygen atoms in total. The summed E-state index contributed by atoms with van der Waals surface area (Å²) in [7, 11) is 0. The lowest BCUT2D eigenvalue weighted by Gasteiger charge is -2.00. The van der Waals surface area contributed by atoms with E-state index in [0.717, 1.165) is 14.7 Å². The van der Waals surface area contributed by atoms with E-state index in [1.165, 1.54) is 17.5 Å². The maximum Gasteiger partial charge on any atom is 0.259 e. The Balaban J connectivity index is 1.86. The summed E-state index contributed by atoms with van der Waals surface area (Å²) in [6, 6.07) is 9.48. The molecular weight excluding hydrogens is 326 g/mol. The van der Waals surface area contributed by atoms with E-state index in [1.54, 1.807) is 12.3 Å². The minimum absolute atomic E-state index is 0.215. The van der Waals surface area contributed by atoms with E-state index >= 15 is 0 Å². The predicted octanol–water partition coefficient (Wildman–Crippen LogP) is 3.71. The Kier molecular flexibility index (Phi) is 3.27. The van der Waals surface area contributed by atoms with Gasteiger partial charge in [0.15, 0.2) is 5.13 Å². The number of halogens is 1. The molecule has 0 spiro atoms. The van der Waals surface area contributed by atoms with Crippen LogP contribution in [0.4, 0.5) is 5.13 Å². The maximum atomic E-state index is 12.0. The molecule has 0 unspecified atom stereocenters. The van der Waals surface area contributed by atoms with Crippen LogP contribution >= 0.6 is 27.3 Å². The number of pyridine rings is 1. The summed E-state index contributed by atoms with van der Waals surface area (Å²) in [4.78, 5) is 20.4. The molecule has 1 N–H and O–H groups in total.